The number of hydrogen-bond donors (Lipinski definition) is 2. The van der Waals surface area contributed by atoms with Crippen molar-refractivity contribution in [2.45, 2.75) is 25.8 Å². The predicted molar refractivity (Wildman–Crippen MR) is 77.6 cm³/mol. The van der Waals surface area contributed by atoms with Crippen LogP contribution in [0.5, 0.6) is 0 Å². The SMILES string of the molecule is O=C(c1cccc2c1CCNC2)N1CCC(CO)CC1. The number of piperidine rings is 1. The first-order valence-corrected chi connectivity index (χ1v) is 7.51. The van der Waals surface area contributed by atoms with Crippen molar-refractivity contribution in [2.75, 3.05) is 26.2 Å². The molecule has 0 radical (unpaired) electrons. The van der Waals surface area contributed by atoms with Crippen LogP contribution in [-0.4, -0.2) is 42.2 Å². The van der Waals surface area contributed by atoms with Crippen LogP contribution in [0.2, 0.25) is 0 Å². The first-order valence-electron chi connectivity index (χ1n) is 7.51. The number of aliphatic hydroxyl groups excluding tert-OH is 1. The lowest BCUT2D eigenvalue weighted by atomic mass is 9.93. The van der Waals surface area contributed by atoms with Gasteiger partial charge in [-0.15, -0.1) is 0 Å². The molecule has 108 valence electrons. The Morgan fingerprint density at radius 2 is 2.15 bits per heavy atom. The number of likely N-dealkylation sites (tertiary alicyclic amines) is 1. The Bertz CT molecular complexity index is 493. The zero-order valence-corrected chi connectivity index (χ0v) is 11.8. The number of carbonyl (C=O) groups is 1. The third kappa shape index (κ3) is 2.58. The summed E-state index contributed by atoms with van der Waals surface area (Å²) < 4.78 is 0. The second kappa shape index (κ2) is 5.94. The predicted octanol–water partition coefficient (Wildman–Crippen LogP) is 1.18. The number of amides is 1. The minimum atomic E-state index is 0.167. The van der Waals surface area contributed by atoms with Gasteiger partial charge in [0.15, 0.2) is 0 Å². The summed E-state index contributed by atoms with van der Waals surface area (Å²) >= 11 is 0. The Hall–Kier alpha value is -1.39. The van der Waals surface area contributed by atoms with E-state index >= 15 is 0 Å². The zero-order chi connectivity index (χ0) is 13.9. The standard InChI is InChI=1S/C16H22N2O2/c19-11-12-5-8-18(9-6-12)16(20)15-3-1-2-13-10-17-7-4-14(13)15/h1-3,12,17,19H,4-11H2. The molecule has 2 N–H and O–H groups in total. The highest BCUT2D eigenvalue weighted by atomic mass is 16.3. The second-order valence-electron chi connectivity index (χ2n) is 5.79. The second-order valence-corrected chi connectivity index (χ2v) is 5.79. The normalized spacial score (nSPS) is 19.8. The van der Waals surface area contributed by atoms with Crippen molar-refractivity contribution in [3.05, 3.63) is 34.9 Å². The van der Waals surface area contributed by atoms with Crippen molar-refractivity contribution in [3.63, 3.8) is 0 Å². The topological polar surface area (TPSA) is 52.6 Å². The Kier molecular flexibility index (Phi) is 4.03. The first kappa shape index (κ1) is 13.6. The average molecular weight is 274 g/mol. The van der Waals surface area contributed by atoms with Crippen LogP contribution in [0.3, 0.4) is 0 Å². The maximum atomic E-state index is 12.7. The number of carbonyl (C=O) groups excluding carboxylic acids is 1. The van der Waals surface area contributed by atoms with E-state index in [9.17, 15) is 9.90 Å². The highest BCUT2D eigenvalue weighted by Crippen LogP contribution is 2.23. The number of benzene rings is 1. The molecule has 2 aliphatic rings. The molecule has 0 atom stereocenters. The van der Waals surface area contributed by atoms with Gasteiger partial charge in [-0.25, -0.2) is 0 Å². The van der Waals surface area contributed by atoms with E-state index in [2.05, 4.69) is 11.4 Å². The fraction of sp³-hybridized carbons (Fsp3) is 0.562. The van der Waals surface area contributed by atoms with Gasteiger partial charge in [-0.1, -0.05) is 12.1 Å². The molecule has 2 aliphatic heterocycles. The summed E-state index contributed by atoms with van der Waals surface area (Å²) in [6, 6.07) is 6.06. The lowest BCUT2D eigenvalue weighted by molar-refractivity contribution is 0.0649. The van der Waals surface area contributed by atoms with E-state index in [0.717, 1.165) is 51.0 Å². The summed E-state index contributed by atoms with van der Waals surface area (Å²) in [6.07, 6.45) is 2.77. The number of nitrogens with zero attached hydrogens (tertiary/aromatic N) is 1. The number of aliphatic hydroxyl groups is 1. The molecule has 1 aromatic rings. The smallest absolute Gasteiger partial charge is 0.254 e. The summed E-state index contributed by atoms with van der Waals surface area (Å²) in [4.78, 5) is 14.7. The molecule has 0 saturated carbocycles. The van der Waals surface area contributed by atoms with Crippen molar-refractivity contribution in [1.82, 2.24) is 10.2 Å². The van der Waals surface area contributed by atoms with Gasteiger partial charge in [-0.2, -0.15) is 0 Å². The van der Waals surface area contributed by atoms with Crippen LogP contribution in [0.15, 0.2) is 18.2 Å². The average Bonchev–Trinajstić information content (AvgIpc) is 2.54. The van der Waals surface area contributed by atoms with E-state index in [0.29, 0.717) is 5.92 Å². The fourth-order valence-electron chi connectivity index (χ4n) is 3.22. The highest BCUT2D eigenvalue weighted by molar-refractivity contribution is 5.96. The molecule has 1 saturated heterocycles. The van der Waals surface area contributed by atoms with Crippen molar-refractivity contribution in [2.24, 2.45) is 5.92 Å². The summed E-state index contributed by atoms with van der Waals surface area (Å²) in [7, 11) is 0. The molecule has 1 fully saturated rings. The lowest BCUT2D eigenvalue weighted by Gasteiger charge is -2.32. The molecule has 4 nitrogen and oxygen atoms in total. The summed E-state index contributed by atoms with van der Waals surface area (Å²) in [5.74, 6) is 0.535. The molecule has 0 aliphatic carbocycles. The molecular weight excluding hydrogens is 252 g/mol. The molecular formula is C16H22N2O2. The lowest BCUT2D eigenvalue weighted by Crippen LogP contribution is -2.40. The molecule has 2 heterocycles. The quantitative estimate of drug-likeness (QED) is 0.851. The molecule has 0 unspecified atom stereocenters. The summed E-state index contributed by atoms with van der Waals surface area (Å²) in [6.45, 7) is 3.60. The van der Waals surface area contributed by atoms with Crippen molar-refractivity contribution >= 4 is 5.91 Å². The van der Waals surface area contributed by atoms with Crippen molar-refractivity contribution in [1.29, 1.82) is 0 Å². The number of hydrogen-bond acceptors (Lipinski definition) is 3. The minimum absolute atomic E-state index is 0.167. The number of nitrogens with one attached hydrogen (secondary N) is 1. The van der Waals surface area contributed by atoms with Gasteiger partial charge >= 0.3 is 0 Å². The number of rotatable bonds is 2. The largest absolute Gasteiger partial charge is 0.396 e. The fourth-order valence-corrected chi connectivity index (χ4v) is 3.22. The van der Waals surface area contributed by atoms with Crippen molar-refractivity contribution in [3.8, 4) is 0 Å². The van der Waals surface area contributed by atoms with Crippen LogP contribution in [0.1, 0.15) is 34.3 Å². The Balaban J connectivity index is 1.78. The Labute approximate surface area is 119 Å². The van der Waals surface area contributed by atoms with Gasteiger partial charge in [-0.05, 0) is 48.9 Å². The molecule has 0 spiro atoms. The van der Waals surface area contributed by atoms with Crippen molar-refractivity contribution < 1.29 is 9.90 Å². The third-order valence-electron chi connectivity index (χ3n) is 4.53. The van der Waals surface area contributed by atoms with Crippen LogP contribution in [0.25, 0.3) is 0 Å². The maximum absolute atomic E-state index is 12.7. The molecule has 3 rings (SSSR count). The van der Waals surface area contributed by atoms with Gasteiger partial charge in [-0.3, -0.25) is 4.79 Å². The van der Waals surface area contributed by atoms with Gasteiger partial charge in [0, 0.05) is 31.8 Å². The van der Waals surface area contributed by atoms with Crippen LogP contribution >= 0.6 is 0 Å². The van der Waals surface area contributed by atoms with Crippen LogP contribution in [-0.2, 0) is 13.0 Å². The van der Waals surface area contributed by atoms with E-state index < -0.39 is 0 Å². The molecule has 4 heteroatoms. The van der Waals surface area contributed by atoms with Crippen LogP contribution in [0.4, 0.5) is 0 Å². The van der Waals surface area contributed by atoms with Gasteiger partial charge in [0.05, 0.1) is 0 Å². The van der Waals surface area contributed by atoms with Gasteiger partial charge < -0.3 is 15.3 Å². The minimum Gasteiger partial charge on any atom is -0.396 e. The monoisotopic (exact) mass is 274 g/mol. The molecule has 1 amide bonds. The van der Waals surface area contributed by atoms with E-state index in [1.54, 1.807) is 0 Å². The van der Waals surface area contributed by atoms with E-state index in [-0.39, 0.29) is 12.5 Å². The van der Waals surface area contributed by atoms with Gasteiger partial charge in [0.25, 0.3) is 5.91 Å². The van der Waals surface area contributed by atoms with E-state index in [4.69, 9.17) is 0 Å². The van der Waals surface area contributed by atoms with E-state index in [1.807, 2.05) is 17.0 Å². The summed E-state index contributed by atoms with van der Waals surface area (Å²) in [5.41, 5.74) is 3.36. The number of fused-ring (bicyclic) bond motifs is 1. The maximum Gasteiger partial charge on any atom is 0.254 e. The Morgan fingerprint density at radius 3 is 2.90 bits per heavy atom. The Morgan fingerprint density at radius 1 is 1.35 bits per heavy atom. The van der Waals surface area contributed by atoms with Crippen LogP contribution in [0, 0.1) is 5.92 Å². The summed E-state index contributed by atoms with van der Waals surface area (Å²) in [5, 5.41) is 12.5. The molecule has 1 aromatic carbocycles. The zero-order valence-electron chi connectivity index (χ0n) is 11.8. The molecule has 0 aromatic heterocycles. The molecule has 20 heavy (non-hydrogen) atoms. The van der Waals surface area contributed by atoms with E-state index in [1.165, 1.54) is 11.1 Å². The third-order valence-corrected chi connectivity index (χ3v) is 4.53. The van der Waals surface area contributed by atoms with Crippen LogP contribution < -0.4 is 5.32 Å². The van der Waals surface area contributed by atoms with Gasteiger partial charge in [0.2, 0.25) is 0 Å². The first-order chi connectivity index (χ1) is 9.79. The van der Waals surface area contributed by atoms with Gasteiger partial charge in [0.1, 0.15) is 0 Å². The highest BCUT2D eigenvalue weighted by Gasteiger charge is 2.25. The molecule has 0 bridgehead atoms.